The van der Waals surface area contributed by atoms with E-state index in [0.29, 0.717) is 6.04 Å². The number of nitrogens with zero attached hydrogens (tertiary/aromatic N) is 1. The molecule has 0 aliphatic rings. The van der Waals surface area contributed by atoms with Gasteiger partial charge in [-0.15, -0.1) is 0 Å². The van der Waals surface area contributed by atoms with Gasteiger partial charge in [0.2, 0.25) is 0 Å². The highest BCUT2D eigenvalue weighted by atomic mass is 15.1. The van der Waals surface area contributed by atoms with Crippen molar-refractivity contribution < 1.29 is 0 Å². The smallest absolute Gasteiger partial charge is 0.0205 e. The number of aryl methyl sites for hydroxylation is 1. The minimum absolute atomic E-state index is 0.658. The summed E-state index contributed by atoms with van der Waals surface area (Å²) in [4.78, 5) is 2.40. The molecule has 0 fully saturated rings. The largest absolute Gasteiger partial charge is 0.313 e. The SMILES string of the molecule is Cc1cccc(CNCCCCN(C)C(C)C)c1. The number of rotatable bonds is 8. The zero-order valence-electron chi connectivity index (χ0n) is 12.4. The number of unbranched alkanes of at least 4 members (excludes halogenated alkanes) is 1. The van der Waals surface area contributed by atoms with Crippen LogP contribution >= 0.6 is 0 Å². The van der Waals surface area contributed by atoms with Crippen LogP contribution in [0.25, 0.3) is 0 Å². The molecule has 2 nitrogen and oxygen atoms in total. The zero-order valence-corrected chi connectivity index (χ0v) is 12.4. The normalized spacial score (nSPS) is 11.4. The van der Waals surface area contributed by atoms with E-state index >= 15 is 0 Å². The van der Waals surface area contributed by atoms with Crippen molar-refractivity contribution in [3.8, 4) is 0 Å². The predicted molar refractivity (Wildman–Crippen MR) is 79.9 cm³/mol. The first-order valence-corrected chi connectivity index (χ1v) is 7.06. The van der Waals surface area contributed by atoms with Crippen LogP contribution in [-0.2, 0) is 6.54 Å². The van der Waals surface area contributed by atoms with Gasteiger partial charge in [-0.1, -0.05) is 29.8 Å². The van der Waals surface area contributed by atoms with Gasteiger partial charge in [0.1, 0.15) is 0 Å². The van der Waals surface area contributed by atoms with Gasteiger partial charge in [-0.25, -0.2) is 0 Å². The third-order valence-corrected chi connectivity index (χ3v) is 3.41. The van der Waals surface area contributed by atoms with Gasteiger partial charge in [0.25, 0.3) is 0 Å². The van der Waals surface area contributed by atoms with Crippen molar-refractivity contribution in [1.82, 2.24) is 10.2 Å². The third kappa shape index (κ3) is 6.18. The molecule has 18 heavy (non-hydrogen) atoms. The number of benzene rings is 1. The average molecular weight is 248 g/mol. The Balaban J connectivity index is 2.05. The molecule has 2 heteroatoms. The van der Waals surface area contributed by atoms with Crippen molar-refractivity contribution in [2.24, 2.45) is 0 Å². The first-order chi connectivity index (χ1) is 8.59. The fraction of sp³-hybridized carbons (Fsp3) is 0.625. The van der Waals surface area contributed by atoms with Crippen molar-refractivity contribution in [3.63, 3.8) is 0 Å². The molecular weight excluding hydrogens is 220 g/mol. The fourth-order valence-corrected chi connectivity index (χ4v) is 1.92. The summed E-state index contributed by atoms with van der Waals surface area (Å²) in [6.07, 6.45) is 2.53. The summed E-state index contributed by atoms with van der Waals surface area (Å²) in [5.74, 6) is 0. The number of hydrogen-bond acceptors (Lipinski definition) is 2. The number of nitrogens with one attached hydrogen (secondary N) is 1. The molecule has 102 valence electrons. The van der Waals surface area contributed by atoms with Crippen LogP contribution in [0.1, 0.15) is 37.8 Å². The molecule has 0 aromatic heterocycles. The van der Waals surface area contributed by atoms with Crippen molar-refractivity contribution >= 4 is 0 Å². The van der Waals surface area contributed by atoms with E-state index in [-0.39, 0.29) is 0 Å². The van der Waals surface area contributed by atoms with Crippen molar-refractivity contribution in [1.29, 1.82) is 0 Å². The lowest BCUT2D eigenvalue weighted by atomic mass is 10.1. The molecule has 0 aliphatic heterocycles. The Labute approximate surface area is 112 Å². The molecule has 0 saturated carbocycles. The third-order valence-electron chi connectivity index (χ3n) is 3.41. The predicted octanol–water partition coefficient (Wildman–Crippen LogP) is 3.21. The lowest BCUT2D eigenvalue weighted by Crippen LogP contribution is -2.27. The maximum absolute atomic E-state index is 3.51. The molecule has 0 radical (unpaired) electrons. The average Bonchev–Trinajstić information content (AvgIpc) is 2.33. The van der Waals surface area contributed by atoms with E-state index in [1.165, 1.54) is 30.5 Å². The first kappa shape index (κ1) is 15.2. The van der Waals surface area contributed by atoms with Crippen LogP contribution in [-0.4, -0.2) is 31.1 Å². The van der Waals surface area contributed by atoms with Gasteiger partial charge < -0.3 is 10.2 Å². The highest BCUT2D eigenvalue weighted by Gasteiger charge is 2.01. The van der Waals surface area contributed by atoms with E-state index in [1.54, 1.807) is 0 Å². The summed E-state index contributed by atoms with van der Waals surface area (Å²) in [5, 5.41) is 3.51. The second-order valence-electron chi connectivity index (χ2n) is 5.45. The van der Waals surface area contributed by atoms with E-state index in [2.05, 4.69) is 62.3 Å². The minimum Gasteiger partial charge on any atom is -0.313 e. The summed E-state index contributed by atoms with van der Waals surface area (Å²) >= 11 is 0. The summed E-state index contributed by atoms with van der Waals surface area (Å²) in [6, 6.07) is 9.37. The molecule has 0 bridgehead atoms. The Morgan fingerprint density at radius 2 is 2.00 bits per heavy atom. The maximum Gasteiger partial charge on any atom is 0.0205 e. The molecule has 0 saturated heterocycles. The van der Waals surface area contributed by atoms with Crippen LogP contribution in [0, 0.1) is 6.92 Å². The highest BCUT2D eigenvalue weighted by Crippen LogP contribution is 2.03. The Hall–Kier alpha value is -0.860. The monoisotopic (exact) mass is 248 g/mol. The standard InChI is InChI=1S/C16H28N2/c1-14(2)18(4)11-6-5-10-17-13-16-9-7-8-15(3)12-16/h7-9,12,14,17H,5-6,10-11,13H2,1-4H3. The van der Waals surface area contributed by atoms with Crippen molar-refractivity contribution in [2.75, 3.05) is 20.1 Å². The Kier molecular flexibility index (Phi) is 6.99. The zero-order chi connectivity index (χ0) is 13.4. The molecule has 0 spiro atoms. The molecule has 0 heterocycles. The molecule has 0 amide bonds. The summed E-state index contributed by atoms with van der Waals surface area (Å²) < 4.78 is 0. The molecular formula is C16H28N2. The van der Waals surface area contributed by atoms with E-state index in [0.717, 1.165) is 13.1 Å². The van der Waals surface area contributed by atoms with E-state index in [4.69, 9.17) is 0 Å². The van der Waals surface area contributed by atoms with Crippen LogP contribution in [0.15, 0.2) is 24.3 Å². The van der Waals surface area contributed by atoms with Gasteiger partial charge in [0.15, 0.2) is 0 Å². The lowest BCUT2D eigenvalue weighted by Gasteiger charge is -2.20. The topological polar surface area (TPSA) is 15.3 Å². The van der Waals surface area contributed by atoms with Gasteiger partial charge in [-0.2, -0.15) is 0 Å². The van der Waals surface area contributed by atoms with Crippen LogP contribution < -0.4 is 5.32 Å². The quantitative estimate of drug-likeness (QED) is 0.711. The molecule has 1 N–H and O–H groups in total. The maximum atomic E-state index is 3.51. The van der Waals surface area contributed by atoms with Gasteiger partial charge >= 0.3 is 0 Å². The summed E-state index contributed by atoms with van der Waals surface area (Å²) in [7, 11) is 2.20. The van der Waals surface area contributed by atoms with Crippen molar-refractivity contribution in [3.05, 3.63) is 35.4 Å². The summed E-state index contributed by atoms with van der Waals surface area (Å²) in [6.45, 7) is 9.93. The van der Waals surface area contributed by atoms with Gasteiger partial charge in [-0.05, 0) is 59.3 Å². The van der Waals surface area contributed by atoms with Crippen LogP contribution in [0.3, 0.4) is 0 Å². The Morgan fingerprint density at radius 3 is 2.67 bits per heavy atom. The van der Waals surface area contributed by atoms with Gasteiger partial charge in [0.05, 0.1) is 0 Å². The summed E-state index contributed by atoms with van der Waals surface area (Å²) in [5.41, 5.74) is 2.72. The van der Waals surface area contributed by atoms with Gasteiger partial charge in [-0.3, -0.25) is 0 Å². The van der Waals surface area contributed by atoms with Gasteiger partial charge in [0, 0.05) is 12.6 Å². The van der Waals surface area contributed by atoms with Crippen molar-refractivity contribution in [2.45, 2.75) is 46.2 Å². The van der Waals surface area contributed by atoms with Crippen LogP contribution in [0.4, 0.5) is 0 Å². The Bertz CT molecular complexity index is 334. The highest BCUT2D eigenvalue weighted by molar-refractivity contribution is 5.21. The second kappa shape index (κ2) is 8.28. The van der Waals surface area contributed by atoms with E-state index in [9.17, 15) is 0 Å². The molecule has 1 aromatic carbocycles. The minimum atomic E-state index is 0.658. The first-order valence-electron chi connectivity index (χ1n) is 7.06. The molecule has 1 aromatic rings. The van der Waals surface area contributed by atoms with E-state index < -0.39 is 0 Å². The molecule has 0 atom stereocenters. The van der Waals surface area contributed by atoms with Crippen LogP contribution in [0.2, 0.25) is 0 Å². The fourth-order valence-electron chi connectivity index (χ4n) is 1.92. The second-order valence-corrected chi connectivity index (χ2v) is 5.45. The van der Waals surface area contributed by atoms with Crippen LogP contribution in [0.5, 0.6) is 0 Å². The Morgan fingerprint density at radius 1 is 1.22 bits per heavy atom. The molecule has 0 unspecified atom stereocenters. The lowest BCUT2D eigenvalue weighted by molar-refractivity contribution is 0.268. The number of hydrogen-bond donors (Lipinski definition) is 1. The molecule has 1 rings (SSSR count). The van der Waals surface area contributed by atoms with E-state index in [1.807, 2.05) is 0 Å². The molecule has 0 aliphatic carbocycles.